The number of hydrogen-bond donors (Lipinski definition) is 1. The zero-order valence-corrected chi connectivity index (χ0v) is 17.6. The van der Waals surface area contributed by atoms with E-state index in [1.165, 1.54) is 6.42 Å². The molecule has 0 spiro atoms. The van der Waals surface area contributed by atoms with Gasteiger partial charge in [0.05, 0.1) is 33.1 Å². The highest BCUT2D eigenvalue weighted by atomic mass is 79.9. The fourth-order valence-electron chi connectivity index (χ4n) is 4.39. The van der Waals surface area contributed by atoms with Gasteiger partial charge in [-0.05, 0) is 24.8 Å². The van der Waals surface area contributed by atoms with Crippen LogP contribution < -0.4 is 17.0 Å². The van der Waals surface area contributed by atoms with E-state index in [1.54, 1.807) is 6.07 Å². The molecule has 1 aromatic rings. The van der Waals surface area contributed by atoms with Crippen LogP contribution in [0.1, 0.15) is 56.4 Å². The molecule has 2 fully saturated rings. The van der Waals surface area contributed by atoms with E-state index >= 15 is 0 Å². The van der Waals surface area contributed by atoms with Crippen molar-refractivity contribution in [3.05, 3.63) is 29.8 Å². The molecule has 26 heavy (non-hydrogen) atoms. The first-order chi connectivity index (χ1) is 12.0. The maximum Gasteiger partial charge on any atom is 0.314 e. The lowest BCUT2D eigenvalue weighted by atomic mass is 9.76. The minimum absolute atomic E-state index is 0. The summed E-state index contributed by atoms with van der Waals surface area (Å²) in [4.78, 5) is 13.1. The predicted octanol–water partition coefficient (Wildman–Crippen LogP) is 0.842. The summed E-state index contributed by atoms with van der Waals surface area (Å²) >= 11 is 0. The number of benzene rings is 1. The Kier molecular flexibility index (Phi) is 7.53. The van der Waals surface area contributed by atoms with Gasteiger partial charge in [-0.25, -0.2) is 0 Å². The molecule has 1 atom stereocenters. The molecule has 0 bridgehead atoms. The summed E-state index contributed by atoms with van der Waals surface area (Å²) in [5, 5.41) is 10.3. The Morgan fingerprint density at radius 3 is 2.31 bits per heavy atom. The van der Waals surface area contributed by atoms with Crippen LogP contribution in [0.5, 0.6) is 5.75 Å². The number of halogens is 1. The number of hydrogen-bond acceptors (Lipinski definition) is 3. The van der Waals surface area contributed by atoms with Gasteiger partial charge < -0.3 is 31.3 Å². The molecule has 2 aliphatic rings. The minimum atomic E-state index is -0.328. The van der Waals surface area contributed by atoms with Gasteiger partial charge >= 0.3 is 5.97 Å². The number of carbonyl (C=O) groups is 1. The zero-order chi connectivity index (χ0) is 17.9. The van der Waals surface area contributed by atoms with Gasteiger partial charge in [0.2, 0.25) is 0 Å². The van der Waals surface area contributed by atoms with Gasteiger partial charge in [0.1, 0.15) is 11.9 Å². The van der Waals surface area contributed by atoms with Crippen LogP contribution in [-0.2, 0) is 9.53 Å². The average Bonchev–Trinajstić information content (AvgIpc) is 2.60. The van der Waals surface area contributed by atoms with Gasteiger partial charge in [0, 0.05) is 18.4 Å². The average molecular weight is 426 g/mol. The first kappa shape index (κ1) is 21.2. The minimum Gasteiger partial charge on any atom is -1.00 e. The Labute approximate surface area is 167 Å². The topological polar surface area (TPSA) is 46.5 Å². The van der Waals surface area contributed by atoms with E-state index in [4.69, 9.17) is 4.74 Å². The van der Waals surface area contributed by atoms with Crippen LogP contribution in [0, 0.1) is 5.92 Å². The molecule has 0 radical (unpaired) electrons. The van der Waals surface area contributed by atoms with E-state index in [-0.39, 0.29) is 46.6 Å². The largest absolute Gasteiger partial charge is 1.00 e. The number of phenolic OH excluding ortho intramolecular Hbond substituents is 1. The van der Waals surface area contributed by atoms with E-state index in [0.29, 0.717) is 0 Å². The van der Waals surface area contributed by atoms with Crippen molar-refractivity contribution in [3.63, 3.8) is 0 Å². The molecule has 1 N–H and O–H groups in total. The molecule has 1 saturated carbocycles. The molecule has 5 heteroatoms. The number of para-hydroxylation sites is 1. The summed E-state index contributed by atoms with van der Waals surface area (Å²) in [6.45, 7) is 2.09. The fourth-order valence-corrected chi connectivity index (χ4v) is 4.39. The molecule has 0 amide bonds. The number of aromatic hydroxyl groups is 1. The van der Waals surface area contributed by atoms with Gasteiger partial charge in [0.15, 0.2) is 0 Å². The molecule has 1 unspecified atom stereocenters. The number of esters is 1. The number of ether oxygens (including phenoxy) is 1. The van der Waals surface area contributed by atoms with Crippen molar-refractivity contribution in [2.24, 2.45) is 5.92 Å². The third-order valence-corrected chi connectivity index (χ3v) is 6.04. The quantitative estimate of drug-likeness (QED) is 0.574. The van der Waals surface area contributed by atoms with E-state index in [9.17, 15) is 9.90 Å². The third kappa shape index (κ3) is 5.23. The summed E-state index contributed by atoms with van der Waals surface area (Å²) in [6.07, 6.45) is 7.54. The molecular weight excluding hydrogens is 394 g/mol. The summed E-state index contributed by atoms with van der Waals surface area (Å²) < 4.78 is 6.95. The zero-order valence-electron chi connectivity index (χ0n) is 16.0. The van der Waals surface area contributed by atoms with Crippen molar-refractivity contribution in [2.45, 2.75) is 57.0 Å². The number of phenols is 1. The number of quaternary nitrogens is 1. The number of nitrogens with zero attached hydrogens (tertiary/aromatic N) is 1. The molecule has 1 aromatic carbocycles. The lowest BCUT2D eigenvalue weighted by molar-refractivity contribution is -0.896. The number of carbonyl (C=O) groups excluding carboxylic acids is 1. The summed E-state index contributed by atoms with van der Waals surface area (Å²) in [6, 6.07) is 7.28. The highest BCUT2D eigenvalue weighted by Crippen LogP contribution is 2.40. The van der Waals surface area contributed by atoms with Gasteiger partial charge in [-0.3, -0.25) is 4.79 Å². The van der Waals surface area contributed by atoms with Crippen LogP contribution in [0.25, 0.3) is 0 Å². The van der Waals surface area contributed by atoms with Crippen molar-refractivity contribution >= 4 is 5.97 Å². The summed E-state index contributed by atoms with van der Waals surface area (Å²) in [5.41, 5.74) is 0.742. The van der Waals surface area contributed by atoms with Crippen molar-refractivity contribution < 1.29 is 36.1 Å². The number of piperidine rings is 1. The first-order valence-corrected chi connectivity index (χ1v) is 9.77. The van der Waals surface area contributed by atoms with Gasteiger partial charge in [-0.1, -0.05) is 37.5 Å². The second-order valence-electron chi connectivity index (χ2n) is 8.45. The van der Waals surface area contributed by atoms with E-state index in [0.717, 1.165) is 61.7 Å². The Balaban J connectivity index is 0.00000243. The highest BCUT2D eigenvalue weighted by Gasteiger charge is 2.36. The Morgan fingerprint density at radius 1 is 1.08 bits per heavy atom. The van der Waals surface area contributed by atoms with Crippen molar-refractivity contribution in [2.75, 3.05) is 27.2 Å². The summed E-state index contributed by atoms with van der Waals surface area (Å²) in [5.74, 6) is 0.0402. The van der Waals surface area contributed by atoms with Crippen molar-refractivity contribution in [1.82, 2.24) is 0 Å². The van der Waals surface area contributed by atoms with Crippen LogP contribution in [-0.4, -0.2) is 48.8 Å². The first-order valence-electron chi connectivity index (χ1n) is 9.77. The SMILES string of the molecule is C[N+]1(C)CCC(OC(=O)C(c2ccccc2O)C2CCCCC2)CC1.[Br-]. The fraction of sp³-hybridized carbons (Fsp3) is 0.667. The second kappa shape index (κ2) is 9.23. The lowest BCUT2D eigenvalue weighted by Crippen LogP contribution is -3.00. The van der Waals surface area contributed by atoms with Crippen LogP contribution in [0.15, 0.2) is 24.3 Å². The third-order valence-electron chi connectivity index (χ3n) is 6.04. The van der Waals surface area contributed by atoms with E-state index in [1.807, 2.05) is 18.2 Å². The van der Waals surface area contributed by atoms with Crippen LogP contribution in [0.4, 0.5) is 0 Å². The lowest BCUT2D eigenvalue weighted by Gasteiger charge is -2.37. The standard InChI is InChI=1S/C21H31NO3.BrH/c1-22(2)14-12-17(13-15-22)25-21(24)20(16-8-4-3-5-9-16)18-10-6-7-11-19(18)23;/h6-7,10-11,16-17,20H,3-5,8-9,12-15H2,1-2H3;1H. The normalized spacial score (nSPS) is 22.2. The maximum absolute atomic E-state index is 13.1. The monoisotopic (exact) mass is 425 g/mol. The second-order valence-corrected chi connectivity index (χ2v) is 8.45. The van der Waals surface area contributed by atoms with Crippen LogP contribution >= 0.6 is 0 Å². The Hall–Kier alpha value is -1.07. The van der Waals surface area contributed by atoms with Gasteiger partial charge in [-0.2, -0.15) is 0 Å². The van der Waals surface area contributed by atoms with Gasteiger partial charge in [0.25, 0.3) is 0 Å². The van der Waals surface area contributed by atoms with Crippen molar-refractivity contribution in [3.8, 4) is 5.75 Å². The molecular formula is C21H32BrNO3. The Morgan fingerprint density at radius 2 is 1.69 bits per heavy atom. The smallest absolute Gasteiger partial charge is 0.314 e. The molecule has 3 rings (SSSR count). The summed E-state index contributed by atoms with van der Waals surface area (Å²) in [7, 11) is 4.45. The van der Waals surface area contributed by atoms with Gasteiger partial charge in [-0.15, -0.1) is 0 Å². The van der Waals surface area contributed by atoms with Crippen LogP contribution in [0.3, 0.4) is 0 Å². The van der Waals surface area contributed by atoms with E-state index < -0.39 is 0 Å². The van der Waals surface area contributed by atoms with Crippen molar-refractivity contribution in [1.29, 1.82) is 0 Å². The predicted molar refractivity (Wildman–Crippen MR) is 98.4 cm³/mol. The molecule has 4 nitrogen and oxygen atoms in total. The maximum atomic E-state index is 13.1. The molecule has 1 saturated heterocycles. The molecule has 0 aromatic heterocycles. The van der Waals surface area contributed by atoms with Crippen LogP contribution in [0.2, 0.25) is 0 Å². The molecule has 1 aliphatic heterocycles. The Bertz CT molecular complexity index is 589. The molecule has 1 aliphatic carbocycles. The number of rotatable bonds is 4. The molecule has 146 valence electrons. The number of likely N-dealkylation sites (tertiary alicyclic amines) is 1. The van der Waals surface area contributed by atoms with E-state index in [2.05, 4.69) is 14.1 Å². The highest BCUT2D eigenvalue weighted by molar-refractivity contribution is 5.79. The molecule has 1 heterocycles.